The van der Waals surface area contributed by atoms with Gasteiger partial charge < -0.3 is 19.4 Å². The summed E-state index contributed by atoms with van der Waals surface area (Å²) in [5, 5.41) is 2.52. The van der Waals surface area contributed by atoms with Gasteiger partial charge >= 0.3 is 6.09 Å². The molecule has 2 amide bonds. The number of carbonyl (C=O) groups is 2. The quantitative estimate of drug-likeness (QED) is 0.478. The molecule has 0 bridgehead atoms. The third kappa shape index (κ3) is 6.63. The van der Waals surface area contributed by atoms with Crippen molar-refractivity contribution in [1.29, 1.82) is 0 Å². The normalized spacial score (nSPS) is 14.9. The summed E-state index contributed by atoms with van der Waals surface area (Å²) in [4.78, 5) is 30.1. The SMILES string of the molecule is COc1cc(/C=C/C(C)(CCc2ccc(F)cc2)OC(=O)N2C=CNC(=O)C2)ccc1-n1cnc(C)c1. The smallest absolute Gasteiger partial charge is 0.415 e. The summed E-state index contributed by atoms with van der Waals surface area (Å²) < 4.78 is 26.7. The first-order chi connectivity index (χ1) is 17.7. The molecule has 37 heavy (non-hydrogen) atoms. The Morgan fingerprint density at radius 1 is 1.24 bits per heavy atom. The van der Waals surface area contributed by atoms with Gasteiger partial charge in [-0.25, -0.2) is 14.2 Å². The summed E-state index contributed by atoms with van der Waals surface area (Å²) >= 11 is 0. The number of rotatable bonds is 8. The van der Waals surface area contributed by atoms with Crippen molar-refractivity contribution in [3.05, 3.63) is 96.1 Å². The standard InChI is InChI=1S/C28H29FN4O4/c1-20-17-33(19-31-20)24-9-6-22(16-25(24)36-3)11-13-28(2,12-10-21-4-7-23(29)8-5-21)37-27(35)32-15-14-30-26(34)18-32/h4-9,11,13-17,19H,10,12,18H2,1-3H3,(H,30,34)/b13-11+. The van der Waals surface area contributed by atoms with Crippen molar-refractivity contribution in [3.63, 3.8) is 0 Å². The van der Waals surface area contributed by atoms with Crippen LogP contribution in [-0.4, -0.2) is 45.7 Å². The lowest BCUT2D eigenvalue weighted by Gasteiger charge is -2.30. The van der Waals surface area contributed by atoms with Gasteiger partial charge in [-0.15, -0.1) is 0 Å². The summed E-state index contributed by atoms with van der Waals surface area (Å²) in [6.07, 6.45) is 10.5. The van der Waals surface area contributed by atoms with Gasteiger partial charge in [0.2, 0.25) is 5.91 Å². The van der Waals surface area contributed by atoms with E-state index in [2.05, 4.69) is 10.3 Å². The highest BCUT2D eigenvalue weighted by Gasteiger charge is 2.29. The van der Waals surface area contributed by atoms with E-state index in [0.717, 1.165) is 22.5 Å². The van der Waals surface area contributed by atoms with Crippen molar-refractivity contribution in [2.75, 3.05) is 13.7 Å². The molecule has 1 aliphatic heterocycles. The number of nitrogens with one attached hydrogen (secondary N) is 1. The maximum absolute atomic E-state index is 13.3. The molecule has 1 atom stereocenters. The molecular formula is C28H29FN4O4. The molecule has 2 aromatic carbocycles. The van der Waals surface area contributed by atoms with Crippen LogP contribution in [0.4, 0.5) is 9.18 Å². The second-order valence-corrected chi connectivity index (χ2v) is 9.01. The van der Waals surface area contributed by atoms with E-state index in [0.29, 0.717) is 18.6 Å². The molecule has 0 fully saturated rings. The van der Waals surface area contributed by atoms with Gasteiger partial charge in [-0.05, 0) is 68.2 Å². The minimum absolute atomic E-state index is 0.126. The average Bonchev–Trinajstić information content (AvgIpc) is 3.33. The largest absolute Gasteiger partial charge is 0.495 e. The van der Waals surface area contributed by atoms with Gasteiger partial charge in [0.15, 0.2) is 0 Å². The zero-order chi connectivity index (χ0) is 26.4. The van der Waals surface area contributed by atoms with Gasteiger partial charge in [-0.2, -0.15) is 0 Å². The van der Waals surface area contributed by atoms with Crippen LogP contribution in [0.2, 0.25) is 0 Å². The maximum atomic E-state index is 13.3. The zero-order valence-electron chi connectivity index (χ0n) is 21.0. The van der Waals surface area contributed by atoms with E-state index >= 15 is 0 Å². The number of aryl methyl sites for hydroxylation is 2. The Bertz CT molecular complexity index is 1330. The van der Waals surface area contributed by atoms with E-state index in [1.54, 1.807) is 32.5 Å². The van der Waals surface area contributed by atoms with Crippen molar-refractivity contribution in [3.8, 4) is 11.4 Å². The van der Waals surface area contributed by atoms with Crippen LogP contribution in [0.1, 0.15) is 30.2 Å². The lowest BCUT2D eigenvalue weighted by atomic mass is 9.95. The first-order valence-electron chi connectivity index (χ1n) is 11.8. The molecule has 0 spiro atoms. The molecule has 0 saturated heterocycles. The molecule has 1 N–H and O–H groups in total. The maximum Gasteiger partial charge on any atom is 0.415 e. The predicted molar refractivity (Wildman–Crippen MR) is 137 cm³/mol. The fourth-order valence-electron chi connectivity index (χ4n) is 3.91. The van der Waals surface area contributed by atoms with Crippen LogP contribution in [-0.2, 0) is 16.0 Å². The molecule has 1 aliphatic rings. The molecule has 1 aromatic heterocycles. The van der Waals surface area contributed by atoms with Crippen LogP contribution in [0.5, 0.6) is 5.75 Å². The van der Waals surface area contributed by atoms with E-state index in [4.69, 9.17) is 9.47 Å². The lowest BCUT2D eigenvalue weighted by Crippen LogP contribution is -2.43. The highest BCUT2D eigenvalue weighted by Crippen LogP contribution is 2.28. The molecule has 9 heteroatoms. The summed E-state index contributed by atoms with van der Waals surface area (Å²) in [5.41, 5.74) is 2.49. The Labute approximate surface area is 215 Å². The fourth-order valence-corrected chi connectivity index (χ4v) is 3.91. The van der Waals surface area contributed by atoms with E-state index in [1.807, 2.05) is 48.0 Å². The number of halogens is 1. The third-order valence-electron chi connectivity index (χ3n) is 6.01. The molecule has 1 unspecified atom stereocenters. The second-order valence-electron chi connectivity index (χ2n) is 9.01. The molecule has 3 aromatic rings. The van der Waals surface area contributed by atoms with Crippen molar-refractivity contribution in [1.82, 2.24) is 19.8 Å². The van der Waals surface area contributed by atoms with E-state index in [-0.39, 0.29) is 18.3 Å². The number of benzene rings is 2. The Morgan fingerprint density at radius 3 is 2.70 bits per heavy atom. The van der Waals surface area contributed by atoms with Gasteiger partial charge in [0.25, 0.3) is 0 Å². The molecule has 0 saturated carbocycles. The number of ether oxygens (including phenoxy) is 2. The van der Waals surface area contributed by atoms with E-state index in [1.165, 1.54) is 29.4 Å². The number of nitrogens with zero attached hydrogens (tertiary/aromatic N) is 3. The van der Waals surface area contributed by atoms with Gasteiger partial charge in [0.05, 0.1) is 24.8 Å². The Hall–Kier alpha value is -4.40. The second kappa shape index (κ2) is 11.1. The Kier molecular flexibility index (Phi) is 7.71. The number of imidazole rings is 1. The molecule has 8 nitrogen and oxygen atoms in total. The summed E-state index contributed by atoms with van der Waals surface area (Å²) in [6.45, 7) is 3.60. The van der Waals surface area contributed by atoms with Crippen LogP contribution < -0.4 is 10.1 Å². The van der Waals surface area contributed by atoms with E-state index in [9.17, 15) is 14.0 Å². The number of carbonyl (C=O) groups excluding carboxylic acids is 2. The first kappa shape index (κ1) is 25.7. The monoisotopic (exact) mass is 504 g/mol. The van der Waals surface area contributed by atoms with Crippen LogP contribution in [0.3, 0.4) is 0 Å². The molecule has 4 rings (SSSR count). The van der Waals surface area contributed by atoms with E-state index < -0.39 is 11.7 Å². The lowest BCUT2D eigenvalue weighted by molar-refractivity contribution is -0.121. The highest BCUT2D eigenvalue weighted by atomic mass is 19.1. The van der Waals surface area contributed by atoms with Crippen LogP contribution in [0.15, 0.2) is 73.5 Å². The van der Waals surface area contributed by atoms with Crippen LogP contribution in [0.25, 0.3) is 11.8 Å². The number of aromatic nitrogens is 2. The fraction of sp³-hybridized carbons (Fsp3) is 0.250. The number of methoxy groups -OCH3 is 1. The summed E-state index contributed by atoms with van der Waals surface area (Å²) in [7, 11) is 1.60. The number of hydrogen-bond donors (Lipinski definition) is 1. The first-order valence-corrected chi connectivity index (χ1v) is 11.8. The molecule has 2 heterocycles. The molecule has 0 aliphatic carbocycles. The number of amides is 2. The number of hydrogen-bond acceptors (Lipinski definition) is 5. The van der Waals surface area contributed by atoms with Crippen LogP contribution >= 0.6 is 0 Å². The minimum Gasteiger partial charge on any atom is -0.495 e. The molecular weight excluding hydrogens is 475 g/mol. The Balaban J connectivity index is 1.57. The van der Waals surface area contributed by atoms with Gasteiger partial charge in [0, 0.05) is 18.6 Å². The van der Waals surface area contributed by atoms with Crippen molar-refractivity contribution in [2.24, 2.45) is 0 Å². The van der Waals surface area contributed by atoms with Crippen molar-refractivity contribution in [2.45, 2.75) is 32.3 Å². The zero-order valence-corrected chi connectivity index (χ0v) is 21.0. The highest BCUT2D eigenvalue weighted by molar-refractivity contribution is 5.85. The summed E-state index contributed by atoms with van der Waals surface area (Å²) in [5.74, 6) is 0.0496. The topological polar surface area (TPSA) is 85.7 Å². The van der Waals surface area contributed by atoms with Crippen molar-refractivity contribution >= 4 is 18.1 Å². The molecule has 192 valence electrons. The third-order valence-corrected chi connectivity index (χ3v) is 6.01. The Morgan fingerprint density at radius 2 is 2.03 bits per heavy atom. The van der Waals surface area contributed by atoms with Crippen LogP contribution in [0, 0.1) is 12.7 Å². The summed E-state index contributed by atoms with van der Waals surface area (Å²) in [6, 6.07) is 12.0. The minimum atomic E-state index is -1.01. The van der Waals surface area contributed by atoms with Gasteiger partial charge in [0.1, 0.15) is 23.7 Å². The van der Waals surface area contributed by atoms with Crippen molar-refractivity contribution < 1.29 is 23.5 Å². The average molecular weight is 505 g/mol. The molecule has 0 radical (unpaired) electrons. The predicted octanol–water partition coefficient (Wildman–Crippen LogP) is 4.77. The van der Waals surface area contributed by atoms with Gasteiger partial charge in [-0.1, -0.05) is 24.3 Å². The van der Waals surface area contributed by atoms with Gasteiger partial charge in [-0.3, -0.25) is 9.69 Å².